The summed E-state index contributed by atoms with van der Waals surface area (Å²) < 4.78 is 30.5. The maximum absolute atomic E-state index is 12.6. The van der Waals surface area contributed by atoms with Crippen molar-refractivity contribution in [2.24, 2.45) is 0 Å². The Kier molecular flexibility index (Phi) is 5.61. The number of nitrogens with zero attached hydrogens (tertiary/aromatic N) is 2. The van der Waals surface area contributed by atoms with E-state index in [1.807, 2.05) is 24.3 Å². The van der Waals surface area contributed by atoms with Crippen molar-refractivity contribution in [3.05, 3.63) is 53.6 Å². The van der Waals surface area contributed by atoms with Gasteiger partial charge in [0.05, 0.1) is 19.1 Å². The topological polar surface area (TPSA) is 110 Å². The minimum absolute atomic E-state index is 0.342. The van der Waals surface area contributed by atoms with E-state index in [4.69, 9.17) is 4.74 Å². The number of nitrogens with one attached hydrogen (secondary N) is 2. The molecule has 10 heteroatoms. The highest BCUT2D eigenvalue weighted by atomic mass is 32.2. The van der Waals surface area contributed by atoms with E-state index in [0.29, 0.717) is 27.0 Å². The van der Waals surface area contributed by atoms with Crippen LogP contribution in [0.5, 0.6) is 5.75 Å². The van der Waals surface area contributed by atoms with Crippen molar-refractivity contribution >= 4 is 38.1 Å². The van der Waals surface area contributed by atoms with Crippen LogP contribution in [0.1, 0.15) is 15.9 Å². The molecule has 3 rings (SSSR count). The molecule has 3 aromatic rings. The van der Waals surface area contributed by atoms with Crippen molar-refractivity contribution in [1.29, 1.82) is 0 Å². The van der Waals surface area contributed by atoms with Crippen molar-refractivity contribution in [3.63, 3.8) is 0 Å². The third-order valence-electron chi connectivity index (χ3n) is 3.86. The Morgan fingerprint density at radius 2 is 1.82 bits per heavy atom. The largest absolute Gasteiger partial charge is 0.497 e. The molecule has 1 heterocycles. The fourth-order valence-electron chi connectivity index (χ4n) is 2.48. The van der Waals surface area contributed by atoms with Gasteiger partial charge in [-0.15, -0.1) is 10.2 Å². The number of aromatic nitrogens is 2. The molecule has 2 aromatic carbocycles. The summed E-state index contributed by atoms with van der Waals surface area (Å²) in [6, 6.07) is 12.2. The van der Waals surface area contributed by atoms with Crippen molar-refractivity contribution in [2.75, 3.05) is 23.4 Å². The SMILES string of the molecule is COc1ccc(-c2nnc(NC(=O)c3cccc(NS(C)(=O)=O)c3C)s2)cc1. The van der Waals surface area contributed by atoms with E-state index in [1.54, 1.807) is 32.2 Å². The van der Waals surface area contributed by atoms with Crippen molar-refractivity contribution in [3.8, 4) is 16.3 Å². The number of sulfonamides is 1. The summed E-state index contributed by atoms with van der Waals surface area (Å²) in [5, 5.41) is 11.8. The number of hydrogen-bond acceptors (Lipinski definition) is 7. The molecule has 0 aliphatic rings. The van der Waals surface area contributed by atoms with Crippen LogP contribution < -0.4 is 14.8 Å². The lowest BCUT2D eigenvalue weighted by Gasteiger charge is -2.11. The second-order valence-corrected chi connectivity index (χ2v) is 8.67. The summed E-state index contributed by atoms with van der Waals surface area (Å²) in [6.07, 6.45) is 1.06. The first-order valence-corrected chi connectivity index (χ1v) is 10.8. The van der Waals surface area contributed by atoms with Gasteiger partial charge in [0.1, 0.15) is 10.8 Å². The maximum atomic E-state index is 12.6. The number of amides is 1. The van der Waals surface area contributed by atoms with Gasteiger partial charge in [0, 0.05) is 11.1 Å². The minimum atomic E-state index is -3.44. The summed E-state index contributed by atoms with van der Waals surface area (Å²) in [4.78, 5) is 12.6. The Hall–Kier alpha value is -2.98. The lowest BCUT2D eigenvalue weighted by Crippen LogP contribution is -2.16. The van der Waals surface area contributed by atoms with Crippen LogP contribution in [0.2, 0.25) is 0 Å². The Bertz CT molecular complexity index is 1110. The fraction of sp³-hybridized carbons (Fsp3) is 0.167. The first-order valence-electron chi connectivity index (χ1n) is 8.13. The number of methoxy groups -OCH3 is 1. The molecule has 2 N–H and O–H groups in total. The average molecular weight is 419 g/mol. The van der Waals surface area contributed by atoms with Gasteiger partial charge in [-0.2, -0.15) is 0 Å². The van der Waals surface area contributed by atoms with E-state index in [1.165, 1.54) is 11.3 Å². The van der Waals surface area contributed by atoms with Gasteiger partial charge in [-0.05, 0) is 48.9 Å². The molecule has 0 saturated heterocycles. The number of rotatable bonds is 6. The van der Waals surface area contributed by atoms with Gasteiger partial charge in [0.2, 0.25) is 15.2 Å². The second kappa shape index (κ2) is 7.95. The zero-order chi connectivity index (χ0) is 20.3. The number of benzene rings is 2. The molecule has 1 aromatic heterocycles. The van der Waals surface area contributed by atoms with Gasteiger partial charge in [-0.3, -0.25) is 14.8 Å². The minimum Gasteiger partial charge on any atom is -0.497 e. The summed E-state index contributed by atoms with van der Waals surface area (Å²) in [5.74, 6) is 0.340. The highest BCUT2D eigenvalue weighted by molar-refractivity contribution is 7.92. The fourth-order valence-corrected chi connectivity index (χ4v) is 3.85. The maximum Gasteiger partial charge on any atom is 0.257 e. The first-order chi connectivity index (χ1) is 13.3. The number of hydrogen-bond donors (Lipinski definition) is 2. The molecule has 0 aliphatic carbocycles. The Morgan fingerprint density at radius 1 is 1.11 bits per heavy atom. The van der Waals surface area contributed by atoms with Crippen molar-refractivity contribution in [1.82, 2.24) is 10.2 Å². The van der Waals surface area contributed by atoms with Crippen molar-refractivity contribution in [2.45, 2.75) is 6.92 Å². The van der Waals surface area contributed by atoms with Crippen LogP contribution in [-0.2, 0) is 10.0 Å². The molecule has 8 nitrogen and oxygen atoms in total. The summed E-state index contributed by atoms with van der Waals surface area (Å²) >= 11 is 1.24. The summed E-state index contributed by atoms with van der Waals surface area (Å²) in [6.45, 7) is 1.67. The second-order valence-electron chi connectivity index (χ2n) is 5.95. The lowest BCUT2D eigenvalue weighted by atomic mass is 10.1. The number of carbonyl (C=O) groups is 1. The van der Waals surface area contributed by atoms with Gasteiger partial charge in [-0.25, -0.2) is 8.42 Å². The monoisotopic (exact) mass is 418 g/mol. The van der Waals surface area contributed by atoms with Crippen LogP contribution >= 0.6 is 11.3 Å². The molecule has 0 saturated carbocycles. The zero-order valence-corrected chi connectivity index (χ0v) is 17.0. The van der Waals surface area contributed by atoms with Crippen LogP contribution in [0.25, 0.3) is 10.6 Å². The molecule has 28 heavy (non-hydrogen) atoms. The Balaban J connectivity index is 1.78. The molecule has 0 spiro atoms. The van der Waals surface area contributed by atoms with Crippen LogP contribution in [0.4, 0.5) is 10.8 Å². The normalized spacial score (nSPS) is 11.1. The zero-order valence-electron chi connectivity index (χ0n) is 15.4. The predicted molar refractivity (Wildman–Crippen MR) is 109 cm³/mol. The van der Waals surface area contributed by atoms with E-state index >= 15 is 0 Å². The Morgan fingerprint density at radius 3 is 2.46 bits per heavy atom. The molecule has 0 radical (unpaired) electrons. The summed E-state index contributed by atoms with van der Waals surface area (Å²) in [7, 11) is -1.85. The van der Waals surface area contributed by atoms with E-state index in [0.717, 1.165) is 17.6 Å². The molecular weight excluding hydrogens is 400 g/mol. The van der Waals surface area contributed by atoms with Gasteiger partial charge in [-0.1, -0.05) is 17.4 Å². The van der Waals surface area contributed by atoms with Crippen LogP contribution in [0.15, 0.2) is 42.5 Å². The number of carbonyl (C=O) groups excluding carboxylic acids is 1. The molecular formula is C18H18N4O4S2. The van der Waals surface area contributed by atoms with Gasteiger partial charge in [0.25, 0.3) is 5.91 Å². The number of ether oxygens (including phenoxy) is 1. The third-order valence-corrected chi connectivity index (χ3v) is 5.33. The molecule has 0 bridgehead atoms. The van der Waals surface area contributed by atoms with Gasteiger partial charge >= 0.3 is 0 Å². The van der Waals surface area contributed by atoms with E-state index in [2.05, 4.69) is 20.2 Å². The van der Waals surface area contributed by atoms with Gasteiger partial charge in [0.15, 0.2) is 0 Å². The summed E-state index contributed by atoms with van der Waals surface area (Å²) in [5.41, 5.74) is 2.07. The smallest absolute Gasteiger partial charge is 0.257 e. The molecule has 0 aliphatic heterocycles. The molecule has 0 atom stereocenters. The number of anilines is 2. The van der Waals surface area contributed by atoms with Crippen LogP contribution in [0.3, 0.4) is 0 Å². The predicted octanol–water partition coefficient (Wildman–Crippen LogP) is 3.15. The molecule has 0 unspecified atom stereocenters. The first kappa shape index (κ1) is 19.8. The van der Waals surface area contributed by atoms with Crippen LogP contribution in [-0.4, -0.2) is 37.9 Å². The molecule has 1 amide bonds. The molecule has 0 fully saturated rings. The van der Waals surface area contributed by atoms with E-state index in [9.17, 15) is 13.2 Å². The van der Waals surface area contributed by atoms with Crippen molar-refractivity contribution < 1.29 is 17.9 Å². The molecule has 146 valence electrons. The quantitative estimate of drug-likeness (QED) is 0.636. The van der Waals surface area contributed by atoms with E-state index in [-0.39, 0.29) is 0 Å². The third kappa shape index (κ3) is 4.65. The standard InChI is InChI=1S/C18H18N4O4S2/c1-11-14(5-4-6-15(11)22-28(3,24)25)16(23)19-18-21-20-17(27-18)12-7-9-13(26-2)10-8-12/h4-10,22H,1-3H3,(H,19,21,23). The Labute approximate surface area is 166 Å². The lowest BCUT2D eigenvalue weighted by molar-refractivity contribution is 0.102. The average Bonchev–Trinajstić information content (AvgIpc) is 3.11. The van der Waals surface area contributed by atoms with Gasteiger partial charge < -0.3 is 4.74 Å². The van der Waals surface area contributed by atoms with E-state index < -0.39 is 15.9 Å². The highest BCUT2D eigenvalue weighted by Gasteiger charge is 2.16. The highest BCUT2D eigenvalue weighted by Crippen LogP contribution is 2.28. The van der Waals surface area contributed by atoms with Crippen LogP contribution in [0, 0.1) is 6.92 Å².